The molecule has 0 unspecified atom stereocenters. The first-order valence-electron chi connectivity index (χ1n) is 5.72. The standard InChI is InChI=1S/C12H11N7S/c13-8-7-10(19-12(15)18-8)17-9(14)11(16-7)20-6-4-2-1-3-5-6/h1-5H,(H6,13,14,15,17,18,19). The van der Waals surface area contributed by atoms with Crippen LogP contribution in [-0.4, -0.2) is 19.9 Å². The first-order valence-corrected chi connectivity index (χ1v) is 6.54. The molecule has 0 saturated carbocycles. The third-order valence-corrected chi connectivity index (χ3v) is 3.53. The highest BCUT2D eigenvalue weighted by atomic mass is 32.2. The molecule has 7 nitrogen and oxygen atoms in total. The van der Waals surface area contributed by atoms with Crippen molar-refractivity contribution in [3.63, 3.8) is 0 Å². The third-order valence-electron chi connectivity index (χ3n) is 2.53. The summed E-state index contributed by atoms with van der Waals surface area (Å²) in [6, 6.07) is 9.72. The monoisotopic (exact) mass is 285 g/mol. The average molecular weight is 285 g/mol. The van der Waals surface area contributed by atoms with Crippen LogP contribution in [0.5, 0.6) is 0 Å². The van der Waals surface area contributed by atoms with Gasteiger partial charge in [-0.15, -0.1) is 0 Å². The second kappa shape index (κ2) is 4.82. The van der Waals surface area contributed by atoms with Crippen molar-refractivity contribution >= 4 is 40.5 Å². The van der Waals surface area contributed by atoms with Crippen molar-refractivity contribution in [1.82, 2.24) is 19.9 Å². The fourth-order valence-electron chi connectivity index (χ4n) is 1.66. The Kier molecular flexibility index (Phi) is 2.99. The van der Waals surface area contributed by atoms with Gasteiger partial charge in [0.1, 0.15) is 5.03 Å². The molecule has 20 heavy (non-hydrogen) atoms. The van der Waals surface area contributed by atoms with Crippen LogP contribution in [0.1, 0.15) is 0 Å². The molecule has 0 amide bonds. The summed E-state index contributed by atoms with van der Waals surface area (Å²) in [4.78, 5) is 17.4. The summed E-state index contributed by atoms with van der Waals surface area (Å²) in [5.74, 6) is 0.519. The fraction of sp³-hybridized carbons (Fsp3) is 0. The van der Waals surface area contributed by atoms with E-state index in [1.165, 1.54) is 11.8 Å². The zero-order valence-corrected chi connectivity index (χ0v) is 11.1. The maximum atomic E-state index is 5.90. The second-order valence-corrected chi connectivity index (χ2v) is 5.03. The summed E-state index contributed by atoms with van der Waals surface area (Å²) in [5.41, 5.74) is 17.9. The molecular formula is C12H11N7S. The number of nitrogens with two attached hydrogens (primary N) is 3. The smallest absolute Gasteiger partial charge is 0.224 e. The van der Waals surface area contributed by atoms with Crippen LogP contribution in [0.15, 0.2) is 40.3 Å². The number of nitrogen functional groups attached to an aromatic ring is 3. The van der Waals surface area contributed by atoms with E-state index in [0.717, 1.165) is 4.90 Å². The van der Waals surface area contributed by atoms with Gasteiger partial charge in [0.2, 0.25) is 5.95 Å². The van der Waals surface area contributed by atoms with Crippen LogP contribution in [0.25, 0.3) is 11.2 Å². The van der Waals surface area contributed by atoms with Crippen molar-refractivity contribution in [3.05, 3.63) is 30.3 Å². The Hall–Kier alpha value is -2.61. The molecule has 3 aromatic rings. The van der Waals surface area contributed by atoms with Crippen LogP contribution >= 0.6 is 11.8 Å². The number of nitrogens with zero attached hydrogens (tertiary/aromatic N) is 4. The molecule has 0 aliphatic rings. The summed E-state index contributed by atoms with van der Waals surface area (Å²) in [5, 5.41) is 0.559. The van der Waals surface area contributed by atoms with Gasteiger partial charge in [0.25, 0.3) is 0 Å². The zero-order chi connectivity index (χ0) is 14.1. The molecule has 2 aromatic heterocycles. The van der Waals surface area contributed by atoms with Crippen molar-refractivity contribution in [2.45, 2.75) is 9.92 Å². The summed E-state index contributed by atoms with van der Waals surface area (Å²) in [6.07, 6.45) is 0. The molecule has 8 heteroatoms. The van der Waals surface area contributed by atoms with Gasteiger partial charge in [-0.2, -0.15) is 9.97 Å². The Morgan fingerprint density at radius 2 is 1.55 bits per heavy atom. The van der Waals surface area contributed by atoms with E-state index in [1.54, 1.807) is 0 Å². The van der Waals surface area contributed by atoms with Crippen LogP contribution in [0.3, 0.4) is 0 Å². The number of rotatable bonds is 2. The predicted octanol–water partition coefficient (Wildman–Crippen LogP) is 1.32. The highest BCUT2D eigenvalue weighted by molar-refractivity contribution is 7.99. The van der Waals surface area contributed by atoms with Crippen LogP contribution in [0.4, 0.5) is 17.6 Å². The average Bonchev–Trinajstić information content (AvgIpc) is 2.41. The lowest BCUT2D eigenvalue weighted by Gasteiger charge is -2.07. The molecule has 3 rings (SSSR count). The third kappa shape index (κ3) is 2.28. The highest BCUT2D eigenvalue weighted by Gasteiger charge is 2.12. The van der Waals surface area contributed by atoms with Gasteiger partial charge in [-0.25, -0.2) is 9.97 Å². The second-order valence-electron chi connectivity index (χ2n) is 3.97. The molecule has 100 valence electrons. The lowest BCUT2D eigenvalue weighted by Crippen LogP contribution is -2.05. The van der Waals surface area contributed by atoms with E-state index in [0.29, 0.717) is 16.2 Å². The number of fused-ring (bicyclic) bond motifs is 1. The van der Waals surface area contributed by atoms with Crippen LogP contribution in [0.2, 0.25) is 0 Å². The van der Waals surface area contributed by atoms with Crippen LogP contribution in [0, 0.1) is 0 Å². The maximum absolute atomic E-state index is 5.90. The Morgan fingerprint density at radius 3 is 2.30 bits per heavy atom. The molecule has 0 fully saturated rings. The molecule has 0 bridgehead atoms. The van der Waals surface area contributed by atoms with Gasteiger partial charge in [0, 0.05) is 4.90 Å². The number of anilines is 3. The molecule has 0 aliphatic heterocycles. The van der Waals surface area contributed by atoms with Crippen LogP contribution < -0.4 is 17.2 Å². The van der Waals surface area contributed by atoms with Crippen molar-refractivity contribution < 1.29 is 0 Å². The van der Waals surface area contributed by atoms with E-state index >= 15 is 0 Å². The lowest BCUT2D eigenvalue weighted by atomic mass is 10.4. The van der Waals surface area contributed by atoms with Crippen molar-refractivity contribution in [1.29, 1.82) is 0 Å². The SMILES string of the molecule is Nc1nc(N)c2nc(Sc3ccccc3)c(N)nc2n1. The molecule has 0 radical (unpaired) electrons. The molecule has 6 N–H and O–H groups in total. The number of benzene rings is 1. The Morgan fingerprint density at radius 1 is 0.800 bits per heavy atom. The number of hydrogen-bond acceptors (Lipinski definition) is 8. The first-order chi connectivity index (χ1) is 9.63. The summed E-state index contributed by atoms with van der Waals surface area (Å²) >= 11 is 1.40. The summed E-state index contributed by atoms with van der Waals surface area (Å²) in [7, 11) is 0. The topological polar surface area (TPSA) is 130 Å². The van der Waals surface area contributed by atoms with Gasteiger partial charge in [0.15, 0.2) is 22.8 Å². The summed E-state index contributed by atoms with van der Waals surface area (Å²) < 4.78 is 0. The minimum Gasteiger partial charge on any atom is -0.382 e. The molecule has 0 spiro atoms. The number of hydrogen-bond donors (Lipinski definition) is 3. The van der Waals surface area contributed by atoms with Gasteiger partial charge in [-0.1, -0.05) is 30.0 Å². The van der Waals surface area contributed by atoms with E-state index in [2.05, 4.69) is 19.9 Å². The van der Waals surface area contributed by atoms with Gasteiger partial charge in [-0.3, -0.25) is 0 Å². The van der Waals surface area contributed by atoms with Crippen LogP contribution in [-0.2, 0) is 0 Å². The molecule has 0 atom stereocenters. The van der Waals surface area contributed by atoms with Gasteiger partial charge in [-0.05, 0) is 12.1 Å². The maximum Gasteiger partial charge on any atom is 0.224 e. The van der Waals surface area contributed by atoms with Crippen molar-refractivity contribution in [3.8, 4) is 0 Å². The van der Waals surface area contributed by atoms with E-state index < -0.39 is 0 Å². The van der Waals surface area contributed by atoms with Gasteiger partial charge >= 0.3 is 0 Å². The van der Waals surface area contributed by atoms with Crippen molar-refractivity contribution in [2.24, 2.45) is 0 Å². The van der Waals surface area contributed by atoms with E-state index in [1.807, 2.05) is 30.3 Å². The van der Waals surface area contributed by atoms with E-state index in [9.17, 15) is 0 Å². The first kappa shape index (κ1) is 12.4. The molecule has 2 heterocycles. The van der Waals surface area contributed by atoms with E-state index in [-0.39, 0.29) is 17.6 Å². The zero-order valence-electron chi connectivity index (χ0n) is 10.3. The Bertz CT molecular complexity index is 776. The summed E-state index contributed by atoms with van der Waals surface area (Å²) in [6.45, 7) is 0. The number of aromatic nitrogens is 4. The van der Waals surface area contributed by atoms with E-state index in [4.69, 9.17) is 17.2 Å². The highest BCUT2D eigenvalue weighted by Crippen LogP contribution is 2.31. The molecule has 0 saturated heterocycles. The van der Waals surface area contributed by atoms with Gasteiger partial charge in [0.05, 0.1) is 0 Å². The predicted molar refractivity (Wildman–Crippen MR) is 78.9 cm³/mol. The normalized spacial score (nSPS) is 10.8. The minimum atomic E-state index is 0.0483. The van der Waals surface area contributed by atoms with Crippen molar-refractivity contribution in [2.75, 3.05) is 17.2 Å². The Balaban J connectivity index is 2.10. The van der Waals surface area contributed by atoms with Gasteiger partial charge < -0.3 is 17.2 Å². The Labute approximate surface area is 118 Å². The minimum absolute atomic E-state index is 0.0483. The fourth-order valence-corrected chi connectivity index (χ4v) is 2.46. The quantitative estimate of drug-likeness (QED) is 0.642. The molecule has 1 aromatic carbocycles. The largest absolute Gasteiger partial charge is 0.382 e. The lowest BCUT2D eigenvalue weighted by molar-refractivity contribution is 1.09. The molecule has 0 aliphatic carbocycles. The molecular weight excluding hydrogens is 274 g/mol.